The number of carbonyl (C=O) groups excluding carboxylic acids is 1. The SMILES string of the molecule is Cc1ccc(OCCNC(=O)/C=C/c2cn(Cc3ccccc3)nn2)c(C)c1. The molecule has 2 aromatic carbocycles. The summed E-state index contributed by atoms with van der Waals surface area (Å²) in [4.78, 5) is 11.9. The van der Waals surface area contributed by atoms with Crippen LogP contribution in [0.5, 0.6) is 5.75 Å². The fourth-order valence-electron chi connectivity index (χ4n) is 2.75. The third-order valence-corrected chi connectivity index (χ3v) is 4.14. The van der Waals surface area contributed by atoms with Crippen molar-refractivity contribution in [1.82, 2.24) is 20.3 Å². The lowest BCUT2D eigenvalue weighted by molar-refractivity contribution is -0.116. The van der Waals surface area contributed by atoms with Gasteiger partial charge in [0.25, 0.3) is 0 Å². The first-order chi connectivity index (χ1) is 13.6. The lowest BCUT2D eigenvalue weighted by atomic mass is 10.1. The van der Waals surface area contributed by atoms with Crippen molar-refractivity contribution >= 4 is 12.0 Å². The molecule has 1 amide bonds. The van der Waals surface area contributed by atoms with E-state index in [4.69, 9.17) is 4.74 Å². The van der Waals surface area contributed by atoms with Crippen molar-refractivity contribution in [3.05, 3.63) is 83.2 Å². The second-order valence-corrected chi connectivity index (χ2v) is 6.57. The molecule has 0 aliphatic carbocycles. The normalized spacial score (nSPS) is 10.9. The summed E-state index contributed by atoms with van der Waals surface area (Å²) in [5.74, 6) is 0.646. The molecule has 0 bridgehead atoms. The van der Waals surface area contributed by atoms with Gasteiger partial charge in [-0.1, -0.05) is 53.2 Å². The zero-order valence-electron chi connectivity index (χ0n) is 16.1. The molecule has 6 heteroatoms. The van der Waals surface area contributed by atoms with E-state index in [0.29, 0.717) is 25.4 Å². The summed E-state index contributed by atoms with van der Waals surface area (Å²) in [5.41, 5.74) is 4.07. The molecule has 3 rings (SSSR count). The maximum atomic E-state index is 11.9. The topological polar surface area (TPSA) is 69.0 Å². The highest BCUT2D eigenvalue weighted by molar-refractivity contribution is 5.91. The van der Waals surface area contributed by atoms with Crippen LogP contribution >= 0.6 is 0 Å². The van der Waals surface area contributed by atoms with Crippen LogP contribution in [0.15, 0.2) is 60.8 Å². The van der Waals surface area contributed by atoms with Gasteiger partial charge in [0.1, 0.15) is 18.1 Å². The van der Waals surface area contributed by atoms with Gasteiger partial charge in [-0.25, -0.2) is 4.68 Å². The number of rotatable bonds is 8. The summed E-state index contributed by atoms with van der Waals surface area (Å²) < 4.78 is 7.44. The largest absolute Gasteiger partial charge is 0.491 e. The molecule has 3 aromatic rings. The maximum Gasteiger partial charge on any atom is 0.244 e. The quantitative estimate of drug-likeness (QED) is 0.484. The van der Waals surface area contributed by atoms with E-state index in [2.05, 4.69) is 21.7 Å². The van der Waals surface area contributed by atoms with Crippen LogP contribution < -0.4 is 10.1 Å². The maximum absolute atomic E-state index is 11.9. The third kappa shape index (κ3) is 5.81. The van der Waals surface area contributed by atoms with E-state index in [9.17, 15) is 4.79 Å². The van der Waals surface area contributed by atoms with Crippen LogP contribution in [0.1, 0.15) is 22.4 Å². The second-order valence-electron chi connectivity index (χ2n) is 6.57. The van der Waals surface area contributed by atoms with E-state index >= 15 is 0 Å². The van der Waals surface area contributed by atoms with Gasteiger partial charge < -0.3 is 10.1 Å². The number of aryl methyl sites for hydroxylation is 2. The lowest BCUT2D eigenvalue weighted by Crippen LogP contribution is -2.26. The minimum Gasteiger partial charge on any atom is -0.491 e. The van der Waals surface area contributed by atoms with Crippen molar-refractivity contribution in [3.8, 4) is 5.75 Å². The van der Waals surface area contributed by atoms with Crippen LogP contribution in [-0.2, 0) is 11.3 Å². The molecule has 0 spiro atoms. The Hall–Kier alpha value is -3.41. The Bertz CT molecular complexity index is 948. The molecule has 1 N–H and O–H groups in total. The third-order valence-electron chi connectivity index (χ3n) is 4.14. The van der Waals surface area contributed by atoms with Crippen LogP contribution in [0.2, 0.25) is 0 Å². The van der Waals surface area contributed by atoms with Gasteiger partial charge in [-0.15, -0.1) is 5.10 Å². The zero-order valence-corrected chi connectivity index (χ0v) is 16.1. The van der Waals surface area contributed by atoms with Crippen molar-refractivity contribution in [3.63, 3.8) is 0 Å². The molecule has 0 saturated carbocycles. The summed E-state index contributed by atoms with van der Waals surface area (Å²) in [7, 11) is 0. The number of amides is 1. The van der Waals surface area contributed by atoms with Gasteiger partial charge >= 0.3 is 0 Å². The molecule has 0 radical (unpaired) electrons. The van der Waals surface area contributed by atoms with Crippen molar-refractivity contribution in [1.29, 1.82) is 0 Å². The first-order valence-corrected chi connectivity index (χ1v) is 9.20. The smallest absolute Gasteiger partial charge is 0.244 e. The van der Waals surface area contributed by atoms with E-state index in [1.165, 1.54) is 11.6 Å². The Morgan fingerprint density at radius 2 is 2.00 bits per heavy atom. The van der Waals surface area contributed by atoms with Gasteiger partial charge in [0.05, 0.1) is 19.3 Å². The summed E-state index contributed by atoms with van der Waals surface area (Å²) in [6.07, 6.45) is 4.91. The van der Waals surface area contributed by atoms with Gasteiger partial charge in [0.15, 0.2) is 0 Å². The molecular weight excluding hydrogens is 352 g/mol. The first kappa shape index (κ1) is 19.4. The lowest BCUT2D eigenvalue weighted by Gasteiger charge is -2.09. The van der Waals surface area contributed by atoms with Gasteiger partial charge in [0, 0.05) is 6.08 Å². The number of hydrogen-bond acceptors (Lipinski definition) is 4. The molecule has 0 aliphatic rings. The summed E-state index contributed by atoms with van der Waals surface area (Å²) in [6.45, 7) is 5.54. The average Bonchev–Trinajstić information content (AvgIpc) is 3.13. The van der Waals surface area contributed by atoms with Crippen molar-refractivity contribution in [2.45, 2.75) is 20.4 Å². The number of benzene rings is 2. The van der Waals surface area contributed by atoms with Crippen molar-refractivity contribution < 1.29 is 9.53 Å². The van der Waals surface area contributed by atoms with Crippen molar-refractivity contribution in [2.24, 2.45) is 0 Å². The highest BCUT2D eigenvalue weighted by atomic mass is 16.5. The predicted molar refractivity (Wildman–Crippen MR) is 109 cm³/mol. The van der Waals surface area contributed by atoms with Crippen LogP contribution in [-0.4, -0.2) is 34.1 Å². The summed E-state index contributed by atoms with van der Waals surface area (Å²) in [6, 6.07) is 16.0. The van der Waals surface area contributed by atoms with Crippen LogP contribution in [0.25, 0.3) is 6.08 Å². The van der Waals surface area contributed by atoms with Gasteiger partial charge in [-0.3, -0.25) is 4.79 Å². The second kappa shape index (κ2) is 9.50. The minimum atomic E-state index is -0.193. The van der Waals surface area contributed by atoms with Gasteiger partial charge in [-0.2, -0.15) is 0 Å². The highest BCUT2D eigenvalue weighted by Gasteiger charge is 2.02. The molecule has 1 aromatic heterocycles. The highest BCUT2D eigenvalue weighted by Crippen LogP contribution is 2.18. The molecule has 144 valence electrons. The fourth-order valence-corrected chi connectivity index (χ4v) is 2.75. The Morgan fingerprint density at radius 1 is 1.18 bits per heavy atom. The molecular formula is C22H24N4O2. The first-order valence-electron chi connectivity index (χ1n) is 9.20. The number of nitrogens with one attached hydrogen (secondary N) is 1. The molecule has 0 unspecified atom stereocenters. The molecule has 6 nitrogen and oxygen atoms in total. The Morgan fingerprint density at radius 3 is 2.79 bits per heavy atom. The Labute approximate surface area is 164 Å². The standard InChI is InChI=1S/C22H24N4O2/c1-17-8-10-21(18(2)14-17)28-13-12-23-22(27)11-9-20-16-26(25-24-20)15-19-6-4-3-5-7-19/h3-11,14,16H,12-13,15H2,1-2H3,(H,23,27)/b11-9+. The van der Waals surface area contributed by atoms with Gasteiger partial charge in [0.2, 0.25) is 5.91 Å². The van der Waals surface area contributed by atoms with Crippen LogP contribution in [0, 0.1) is 13.8 Å². The molecule has 1 heterocycles. The number of hydrogen-bond donors (Lipinski definition) is 1. The van der Waals surface area contributed by atoms with Crippen LogP contribution in [0.3, 0.4) is 0 Å². The predicted octanol–water partition coefficient (Wildman–Crippen LogP) is 3.15. The minimum absolute atomic E-state index is 0.193. The summed E-state index contributed by atoms with van der Waals surface area (Å²) in [5, 5.41) is 10.9. The molecule has 28 heavy (non-hydrogen) atoms. The van der Waals surface area contributed by atoms with E-state index in [-0.39, 0.29) is 5.91 Å². The van der Waals surface area contributed by atoms with Gasteiger partial charge in [-0.05, 0) is 37.1 Å². The average molecular weight is 376 g/mol. The molecule has 0 fully saturated rings. The van der Waals surface area contributed by atoms with Crippen molar-refractivity contribution in [2.75, 3.05) is 13.2 Å². The van der Waals surface area contributed by atoms with E-state index in [1.54, 1.807) is 17.0 Å². The van der Waals surface area contributed by atoms with E-state index < -0.39 is 0 Å². The fraction of sp³-hybridized carbons (Fsp3) is 0.227. The van der Waals surface area contributed by atoms with Crippen LogP contribution in [0.4, 0.5) is 0 Å². The Balaban J connectivity index is 1.41. The number of nitrogens with zero attached hydrogens (tertiary/aromatic N) is 3. The number of carbonyl (C=O) groups is 1. The molecule has 0 saturated heterocycles. The Kier molecular flexibility index (Phi) is 6.57. The monoisotopic (exact) mass is 376 g/mol. The molecule has 0 atom stereocenters. The number of aromatic nitrogens is 3. The van der Waals surface area contributed by atoms with E-state index in [0.717, 1.165) is 16.9 Å². The van der Waals surface area contributed by atoms with E-state index in [1.807, 2.05) is 56.3 Å². The summed E-state index contributed by atoms with van der Waals surface area (Å²) >= 11 is 0. The molecule has 0 aliphatic heterocycles. The zero-order chi connectivity index (χ0) is 19.8. The number of ether oxygens (including phenoxy) is 1.